The number of hydrazone groups is 1. The maximum absolute atomic E-state index is 12.4. The summed E-state index contributed by atoms with van der Waals surface area (Å²) in [4.78, 5) is 35.4. The number of aliphatic hydroxyl groups excluding tert-OH is 1. The number of nitro groups is 1. The van der Waals surface area contributed by atoms with Crippen molar-refractivity contribution in [2.75, 3.05) is 26.9 Å². The minimum absolute atomic E-state index is 0.0600. The molecule has 0 spiro atoms. The van der Waals surface area contributed by atoms with Crippen molar-refractivity contribution in [1.82, 2.24) is 16.1 Å². The molecule has 2 aromatic rings. The van der Waals surface area contributed by atoms with Crippen LogP contribution in [0.1, 0.15) is 31.0 Å². The summed E-state index contributed by atoms with van der Waals surface area (Å²) in [5, 5.41) is 31.0. The van der Waals surface area contributed by atoms with Gasteiger partial charge >= 0.3 is 17.7 Å². The Labute approximate surface area is 249 Å². The molecule has 14 nitrogen and oxygen atoms in total. The third kappa shape index (κ3) is 7.98. The van der Waals surface area contributed by atoms with Crippen molar-refractivity contribution in [3.05, 3.63) is 80.0 Å². The van der Waals surface area contributed by atoms with Gasteiger partial charge in [0.15, 0.2) is 17.7 Å². The van der Waals surface area contributed by atoms with Gasteiger partial charge in [-0.25, -0.2) is 9.59 Å². The largest absolute Gasteiger partial charge is 0.490 e. The monoisotopic (exact) mass is 647 g/mol. The van der Waals surface area contributed by atoms with Crippen molar-refractivity contribution in [2.24, 2.45) is 5.10 Å². The highest BCUT2D eigenvalue weighted by Gasteiger charge is 2.32. The molecule has 2 amide bonds. The van der Waals surface area contributed by atoms with E-state index in [1.165, 1.54) is 25.5 Å². The first-order valence-corrected chi connectivity index (χ1v) is 13.3. The van der Waals surface area contributed by atoms with E-state index in [4.69, 9.17) is 18.9 Å². The van der Waals surface area contributed by atoms with Crippen molar-refractivity contribution >= 4 is 39.8 Å². The van der Waals surface area contributed by atoms with Gasteiger partial charge in [0, 0.05) is 17.3 Å². The zero-order chi connectivity index (χ0) is 30.8. The normalized spacial score (nSPS) is 15.4. The zero-order valence-corrected chi connectivity index (χ0v) is 24.6. The number of amides is 2. The van der Waals surface area contributed by atoms with Gasteiger partial charge < -0.3 is 34.7 Å². The van der Waals surface area contributed by atoms with Crippen molar-refractivity contribution in [2.45, 2.75) is 26.1 Å². The number of carbonyl (C=O) groups excluding carboxylic acids is 2. The van der Waals surface area contributed by atoms with E-state index in [1.54, 1.807) is 38.1 Å². The van der Waals surface area contributed by atoms with Gasteiger partial charge in [0.05, 0.1) is 40.9 Å². The molecule has 0 aliphatic carbocycles. The Morgan fingerprint density at radius 1 is 1.29 bits per heavy atom. The van der Waals surface area contributed by atoms with E-state index in [2.05, 4.69) is 43.7 Å². The van der Waals surface area contributed by atoms with E-state index >= 15 is 0 Å². The van der Waals surface area contributed by atoms with Crippen LogP contribution in [0.15, 0.2) is 63.8 Å². The highest BCUT2D eigenvalue weighted by Crippen LogP contribution is 2.37. The number of aliphatic hydroxyl groups is 1. The third-order valence-corrected chi connectivity index (χ3v) is 6.29. The van der Waals surface area contributed by atoms with E-state index in [1.807, 2.05) is 0 Å². The lowest BCUT2D eigenvalue weighted by atomic mass is 9.95. The zero-order valence-electron chi connectivity index (χ0n) is 23.0. The highest BCUT2D eigenvalue weighted by atomic mass is 79.9. The quantitative estimate of drug-likeness (QED) is 0.0591. The molecule has 15 heteroatoms. The first-order chi connectivity index (χ1) is 20.1. The first kappa shape index (κ1) is 31.9. The van der Waals surface area contributed by atoms with Crippen molar-refractivity contribution < 1.29 is 38.6 Å². The predicted octanol–water partition coefficient (Wildman–Crippen LogP) is 3.44. The lowest BCUT2D eigenvalue weighted by Gasteiger charge is -2.28. The summed E-state index contributed by atoms with van der Waals surface area (Å²) in [5.74, 6) is 0.0682. The Morgan fingerprint density at radius 3 is 2.71 bits per heavy atom. The number of ether oxygens (including phenoxy) is 4. The predicted molar refractivity (Wildman–Crippen MR) is 155 cm³/mol. The molecule has 224 valence electrons. The maximum atomic E-state index is 12.4. The van der Waals surface area contributed by atoms with Crippen LogP contribution in [0.25, 0.3) is 0 Å². The summed E-state index contributed by atoms with van der Waals surface area (Å²) in [5.41, 5.74) is 3.74. The van der Waals surface area contributed by atoms with E-state index < -0.39 is 29.2 Å². The number of nitro benzene ring substituents is 1. The van der Waals surface area contributed by atoms with Crippen LogP contribution < -0.4 is 30.3 Å². The molecule has 0 saturated heterocycles. The molecule has 1 aliphatic rings. The van der Waals surface area contributed by atoms with Crippen molar-refractivity contribution in [1.29, 1.82) is 0 Å². The molecule has 1 aliphatic heterocycles. The SMILES string of the molecule is C=CCOc1c(Br)cc(/C=N/N[C@H](O)COc2ccc([C@@H]3NC(=O)NC(C)=C3C(=O)OC)cc2OCC)cc1[N+](=O)[O-]. The number of hydrogen-bond acceptors (Lipinski definition) is 11. The Morgan fingerprint density at radius 2 is 2.05 bits per heavy atom. The summed E-state index contributed by atoms with van der Waals surface area (Å²) in [7, 11) is 1.25. The smallest absolute Gasteiger partial charge is 0.337 e. The molecule has 0 radical (unpaired) electrons. The summed E-state index contributed by atoms with van der Waals surface area (Å²) in [6.45, 7) is 7.05. The van der Waals surface area contributed by atoms with Gasteiger partial charge in [-0.2, -0.15) is 5.10 Å². The van der Waals surface area contributed by atoms with Crippen LogP contribution in [0.2, 0.25) is 0 Å². The number of hydrogen-bond donors (Lipinski definition) is 4. The van der Waals surface area contributed by atoms with Gasteiger partial charge in [-0.1, -0.05) is 18.7 Å². The van der Waals surface area contributed by atoms with Gasteiger partial charge in [0.25, 0.3) is 0 Å². The summed E-state index contributed by atoms with van der Waals surface area (Å²) < 4.78 is 22.0. The average molecular weight is 648 g/mol. The fourth-order valence-corrected chi connectivity index (χ4v) is 4.50. The van der Waals surface area contributed by atoms with E-state index in [0.717, 1.165) is 0 Å². The number of nitrogens with one attached hydrogen (secondary N) is 3. The van der Waals surface area contributed by atoms with Crippen LogP contribution in [0, 0.1) is 10.1 Å². The third-order valence-electron chi connectivity index (χ3n) is 5.70. The second-order valence-electron chi connectivity index (χ2n) is 8.62. The fraction of sp³-hybridized carbons (Fsp3) is 0.296. The number of benzene rings is 2. The second-order valence-corrected chi connectivity index (χ2v) is 9.48. The Balaban J connectivity index is 1.70. The van der Waals surface area contributed by atoms with Crippen molar-refractivity contribution in [3.8, 4) is 17.2 Å². The Hall–Kier alpha value is -4.63. The van der Waals surface area contributed by atoms with Gasteiger partial charge in [0.1, 0.15) is 13.2 Å². The minimum atomic E-state index is -1.26. The molecule has 4 N–H and O–H groups in total. The van der Waals surface area contributed by atoms with Crippen LogP contribution in [-0.2, 0) is 9.53 Å². The van der Waals surface area contributed by atoms with E-state index in [-0.39, 0.29) is 30.2 Å². The fourth-order valence-electron chi connectivity index (χ4n) is 3.91. The number of nitrogens with zero attached hydrogens (tertiary/aromatic N) is 2. The number of urea groups is 1. The lowest BCUT2D eigenvalue weighted by molar-refractivity contribution is -0.385. The molecule has 2 atom stereocenters. The second kappa shape index (κ2) is 14.8. The molecular formula is C27H30BrN5O9. The topological polar surface area (TPSA) is 183 Å². The molecular weight excluding hydrogens is 618 g/mol. The van der Waals surface area contributed by atoms with Crippen LogP contribution in [-0.4, -0.2) is 61.4 Å². The van der Waals surface area contributed by atoms with E-state index in [9.17, 15) is 24.8 Å². The number of halogens is 1. The first-order valence-electron chi connectivity index (χ1n) is 12.5. The molecule has 2 aromatic carbocycles. The number of rotatable bonds is 14. The highest BCUT2D eigenvalue weighted by molar-refractivity contribution is 9.10. The lowest BCUT2D eigenvalue weighted by Crippen LogP contribution is -2.45. The van der Waals surface area contributed by atoms with Crippen molar-refractivity contribution in [3.63, 3.8) is 0 Å². The number of esters is 1. The molecule has 0 saturated carbocycles. The molecule has 0 aromatic heterocycles. The number of allylic oxidation sites excluding steroid dienone is 1. The Kier molecular flexibility index (Phi) is 11.3. The van der Waals surface area contributed by atoms with Crippen LogP contribution in [0.4, 0.5) is 10.5 Å². The molecule has 0 unspecified atom stereocenters. The minimum Gasteiger partial charge on any atom is -0.490 e. The average Bonchev–Trinajstić information content (AvgIpc) is 2.95. The summed E-state index contributed by atoms with van der Waals surface area (Å²) >= 11 is 3.26. The van der Waals surface area contributed by atoms with Crippen LogP contribution in [0.3, 0.4) is 0 Å². The van der Waals surface area contributed by atoms with Gasteiger partial charge in [-0.3, -0.25) is 15.5 Å². The number of carbonyl (C=O) groups is 2. The summed E-state index contributed by atoms with van der Waals surface area (Å²) in [6.07, 6.45) is 1.50. The molecule has 1 heterocycles. The molecule has 0 bridgehead atoms. The summed E-state index contributed by atoms with van der Waals surface area (Å²) in [6, 6.07) is 6.44. The van der Waals surface area contributed by atoms with Gasteiger partial charge in [0.2, 0.25) is 5.75 Å². The molecule has 3 rings (SSSR count). The van der Waals surface area contributed by atoms with Crippen LogP contribution >= 0.6 is 15.9 Å². The maximum Gasteiger partial charge on any atom is 0.337 e. The van der Waals surface area contributed by atoms with E-state index in [0.29, 0.717) is 39.4 Å². The number of methoxy groups -OCH3 is 1. The Bertz CT molecular complexity index is 1410. The molecule has 0 fully saturated rings. The molecule has 42 heavy (non-hydrogen) atoms. The van der Waals surface area contributed by atoms with Gasteiger partial charge in [-0.05, 0) is 53.5 Å². The van der Waals surface area contributed by atoms with Gasteiger partial charge in [-0.15, -0.1) is 0 Å². The standard InChI is InChI=1S/C27H30BrN5O9/c1-5-9-41-25-18(28)10-16(11-19(25)33(37)38)13-29-32-22(34)14-42-20-8-7-17(12-21(20)40-6-2)24-23(26(35)39-4)15(3)30-27(36)31-24/h5,7-8,10-13,22,24,32,34H,1,6,9,14H2,2-4H3,(H2,30,31,36)/b29-13+/t22-,24+/m1/s1. The van der Waals surface area contributed by atoms with Crippen LogP contribution in [0.5, 0.6) is 17.2 Å².